The summed E-state index contributed by atoms with van der Waals surface area (Å²) < 4.78 is 0. The third-order valence-electron chi connectivity index (χ3n) is 1.82. The van der Waals surface area contributed by atoms with Gasteiger partial charge in [0.2, 0.25) is 5.91 Å². The van der Waals surface area contributed by atoms with Crippen molar-refractivity contribution in [3.63, 3.8) is 0 Å². The Morgan fingerprint density at radius 2 is 1.87 bits per heavy atom. The van der Waals surface area contributed by atoms with Crippen LogP contribution in [0.3, 0.4) is 0 Å². The van der Waals surface area contributed by atoms with Gasteiger partial charge in [-0.15, -0.1) is 0 Å². The summed E-state index contributed by atoms with van der Waals surface area (Å²) in [5.74, 6) is -0.131. The summed E-state index contributed by atoms with van der Waals surface area (Å²) in [6.07, 6.45) is 0.651. The molecule has 15 heavy (non-hydrogen) atoms. The molecule has 0 saturated heterocycles. The monoisotopic (exact) mass is 208 g/mol. The van der Waals surface area contributed by atoms with Gasteiger partial charge in [0.25, 0.3) is 0 Å². The smallest absolute Gasteiger partial charge is 0.241 e. The summed E-state index contributed by atoms with van der Waals surface area (Å²) in [4.78, 5) is 11.3. The largest absolute Gasteiger partial charge is 0.325 e. The fraction of sp³-hybridized carbons (Fsp3) is 0.417. The lowest BCUT2D eigenvalue weighted by Gasteiger charge is -2.09. The molecule has 0 aromatic heterocycles. The van der Waals surface area contributed by atoms with E-state index < -0.39 is 6.04 Å². The molecule has 3 nitrogen and oxygen atoms in total. The fourth-order valence-corrected chi connectivity index (χ4v) is 0.942. The van der Waals surface area contributed by atoms with Crippen molar-refractivity contribution in [1.82, 2.24) is 0 Å². The van der Waals surface area contributed by atoms with Crippen LogP contribution >= 0.6 is 0 Å². The SMILES string of the molecule is CC.CCC(N)C(=O)Nc1ccccc1. The van der Waals surface area contributed by atoms with Crippen LogP contribution in [0.4, 0.5) is 5.69 Å². The van der Waals surface area contributed by atoms with Gasteiger partial charge in [0.1, 0.15) is 0 Å². The maximum absolute atomic E-state index is 11.3. The first kappa shape index (κ1) is 13.7. The van der Waals surface area contributed by atoms with Crippen LogP contribution in [0, 0.1) is 0 Å². The molecule has 1 amide bonds. The Morgan fingerprint density at radius 1 is 1.33 bits per heavy atom. The molecule has 1 aromatic carbocycles. The van der Waals surface area contributed by atoms with Crippen molar-refractivity contribution in [2.24, 2.45) is 5.73 Å². The first-order valence-electron chi connectivity index (χ1n) is 5.35. The lowest BCUT2D eigenvalue weighted by Crippen LogP contribution is -2.34. The second kappa shape index (κ2) is 8.00. The number of carbonyl (C=O) groups is 1. The van der Waals surface area contributed by atoms with Gasteiger partial charge >= 0.3 is 0 Å². The molecule has 84 valence electrons. The normalized spacial score (nSPS) is 10.9. The number of anilines is 1. The molecule has 1 atom stereocenters. The van der Waals surface area contributed by atoms with Gasteiger partial charge in [-0.3, -0.25) is 4.79 Å². The van der Waals surface area contributed by atoms with Crippen LogP contribution in [0.5, 0.6) is 0 Å². The first-order chi connectivity index (χ1) is 7.24. The van der Waals surface area contributed by atoms with Crippen LogP contribution in [0.25, 0.3) is 0 Å². The van der Waals surface area contributed by atoms with E-state index in [1.807, 2.05) is 51.1 Å². The molecule has 0 aliphatic heterocycles. The van der Waals surface area contributed by atoms with Crippen molar-refractivity contribution in [1.29, 1.82) is 0 Å². The summed E-state index contributed by atoms with van der Waals surface area (Å²) in [6.45, 7) is 5.88. The van der Waals surface area contributed by atoms with Gasteiger partial charge in [0, 0.05) is 5.69 Å². The topological polar surface area (TPSA) is 55.1 Å². The Morgan fingerprint density at radius 3 is 2.33 bits per heavy atom. The second-order valence-electron chi connectivity index (χ2n) is 2.87. The average Bonchev–Trinajstić information content (AvgIpc) is 2.32. The van der Waals surface area contributed by atoms with Crippen molar-refractivity contribution >= 4 is 11.6 Å². The number of benzene rings is 1. The Kier molecular flexibility index (Phi) is 7.28. The predicted octanol–water partition coefficient (Wildman–Crippen LogP) is 2.39. The molecule has 0 heterocycles. The van der Waals surface area contributed by atoms with Gasteiger partial charge in [-0.2, -0.15) is 0 Å². The fourth-order valence-electron chi connectivity index (χ4n) is 0.942. The predicted molar refractivity (Wildman–Crippen MR) is 64.7 cm³/mol. The van der Waals surface area contributed by atoms with E-state index in [1.165, 1.54) is 0 Å². The van der Waals surface area contributed by atoms with Crippen LogP contribution in [0.1, 0.15) is 27.2 Å². The third kappa shape index (κ3) is 5.18. The van der Waals surface area contributed by atoms with E-state index in [-0.39, 0.29) is 5.91 Å². The van der Waals surface area contributed by atoms with E-state index in [0.29, 0.717) is 6.42 Å². The summed E-state index contributed by atoms with van der Waals surface area (Å²) in [5.41, 5.74) is 6.34. The average molecular weight is 208 g/mol. The zero-order valence-electron chi connectivity index (χ0n) is 9.66. The number of nitrogens with two attached hydrogens (primary N) is 1. The lowest BCUT2D eigenvalue weighted by molar-refractivity contribution is -0.117. The molecule has 0 spiro atoms. The number of nitrogens with one attached hydrogen (secondary N) is 1. The molecule has 0 fully saturated rings. The van der Waals surface area contributed by atoms with Gasteiger partial charge in [0.05, 0.1) is 6.04 Å². The van der Waals surface area contributed by atoms with Gasteiger partial charge in [-0.25, -0.2) is 0 Å². The van der Waals surface area contributed by atoms with E-state index in [1.54, 1.807) is 0 Å². The molecule has 0 saturated carbocycles. The summed E-state index contributed by atoms with van der Waals surface area (Å²) in [5, 5.41) is 2.73. The highest BCUT2D eigenvalue weighted by Gasteiger charge is 2.09. The lowest BCUT2D eigenvalue weighted by atomic mass is 10.2. The number of para-hydroxylation sites is 1. The highest BCUT2D eigenvalue weighted by atomic mass is 16.2. The number of hydrogen-bond donors (Lipinski definition) is 2. The van der Waals surface area contributed by atoms with Crippen LogP contribution in [-0.2, 0) is 4.79 Å². The quantitative estimate of drug-likeness (QED) is 0.801. The third-order valence-corrected chi connectivity index (χ3v) is 1.82. The highest BCUT2D eigenvalue weighted by molar-refractivity contribution is 5.94. The van der Waals surface area contributed by atoms with Crippen LogP contribution in [-0.4, -0.2) is 11.9 Å². The van der Waals surface area contributed by atoms with Crippen molar-refractivity contribution in [3.8, 4) is 0 Å². The Labute approximate surface area is 91.7 Å². The molecule has 0 radical (unpaired) electrons. The minimum atomic E-state index is -0.416. The second-order valence-corrected chi connectivity index (χ2v) is 2.87. The number of rotatable bonds is 3. The van der Waals surface area contributed by atoms with Crippen LogP contribution < -0.4 is 11.1 Å². The molecular formula is C12H20N2O. The maximum atomic E-state index is 11.3. The molecular weight excluding hydrogens is 188 g/mol. The first-order valence-corrected chi connectivity index (χ1v) is 5.35. The van der Waals surface area contributed by atoms with Gasteiger partial charge < -0.3 is 11.1 Å². The minimum Gasteiger partial charge on any atom is -0.325 e. The number of hydrogen-bond acceptors (Lipinski definition) is 2. The van der Waals surface area contributed by atoms with Gasteiger partial charge in [0.15, 0.2) is 0 Å². The van der Waals surface area contributed by atoms with Gasteiger partial charge in [-0.1, -0.05) is 39.0 Å². The van der Waals surface area contributed by atoms with Crippen LogP contribution in [0.15, 0.2) is 30.3 Å². The number of amides is 1. The molecule has 1 rings (SSSR count). The standard InChI is InChI=1S/C10H14N2O.C2H6/c1-2-9(11)10(13)12-8-6-4-3-5-7-8;1-2/h3-7,9H,2,11H2,1H3,(H,12,13);1-2H3. The Hall–Kier alpha value is -1.35. The summed E-state index contributed by atoms with van der Waals surface area (Å²) in [7, 11) is 0. The molecule has 3 N–H and O–H groups in total. The van der Waals surface area contributed by atoms with Crippen molar-refractivity contribution < 1.29 is 4.79 Å². The van der Waals surface area contributed by atoms with Crippen molar-refractivity contribution in [2.75, 3.05) is 5.32 Å². The zero-order valence-corrected chi connectivity index (χ0v) is 9.66. The minimum absolute atomic E-state index is 0.131. The molecule has 1 aromatic rings. The Bertz CT molecular complexity index is 272. The van der Waals surface area contributed by atoms with Crippen molar-refractivity contribution in [3.05, 3.63) is 30.3 Å². The number of carbonyl (C=O) groups excluding carboxylic acids is 1. The summed E-state index contributed by atoms with van der Waals surface area (Å²) in [6, 6.07) is 8.89. The van der Waals surface area contributed by atoms with E-state index in [2.05, 4.69) is 5.32 Å². The van der Waals surface area contributed by atoms with E-state index in [4.69, 9.17) is 5.73 Å². The van der Waals surface area contributed by atoms with E-state index in [0.717, 1.165) is 5.69 Å². The molecule has 1 unspecified atom stereocenters. The maximum Gasteiger partial charge on any atom is 0.241 e. The van der Waals surface area contributed by atoms with E-state index >= 15 is 0 Å². The molecule has 0 aliphatic rings. The molecule has 0 aliphatic carbocycles. The zero-order chi connectivity index (χ0) is 11.7. The van der Waals surface area contributed by atoms with Crippen LogP contribution in [0.2, 0.25) is 0 Å². The Balaban J connectivity index is 0.000000921. The van der Waals surface area contributed by atoms with E-state index in [9.17, 15) is 4.79 Å². The molecule has 0 bridgehead atoms. The highest BCUT2D eigenvalue weighted by Crippen LogP contribution is 2.05. The van der Waals surface area contributed by atoms with Gasteiger partial charge in [-0.05, 0) is 18.6 Å². The van der Waals surface area contributed by atoms with Crippen molar-refractivity contribution in [2.45, 2.75) is 33.2 Å². The summed E-state index contributed by atoms with van der Waals surface area (Å²) >= 11 is 0. The molecule has 3 heteroatoms.